The van der Waals surface area contributed by atoms with Gasteiger partial charge in [0.05, 0.1) is 10.5 Å². The first-order valence-electron chi connectivity index (χ1n) is 13.8. The zero-order valence-corrected chi connectivity index (χ0v) is 23.0. The molecule has 208 valence electrons. The second kappa shape index (κ2) is 11.0. The van der Waals surface area contributed by atoms with Gasteiger partial charge in [0, 0.05) is 24.0 Å². The van der Waals surface area contributed by atoms with Gasteiger partial charge in [-0.25, -0.2) is 4.79 Å². The second-order valence-corrected chi connectivity index (χ2v) is 11.1. The topological polar surface area (TPSA) is 107 Å². The maximum Gasteiger partial charge on any atom is 0.410 e. The SMILES string of the molecule is Cc1onc2c1c(=O)n(C1CCCC(NC(=O)C3CCCN3C(=O)OCc3ccccc3)C1)c1cccc(Cl)c21. The number of likely N-dealkylation sites (tertiary alicyclic amines) is 1. The zero-order valence-electron chi connectivity index (χ0n) is 22.3. The lowest BCUT2D eigenvalue weighted by Gasteiger charge is -2.33. The number of aryl methyl sites for hydroxylation is 1. The molecule has 0 radical (unpaired) electrons. The lowest BCUT2D eigenvalue weighted by Crippen LogP contribution is -2.50. The molecule has 2 amide bonds. The van der Waals surface area contributed by atoms with E-state index in [2.05, 4.69) is 10.5 Å². The van der Waals surface area contributed by atoms with E-state index in [1.54, 1.807) is 17.6 Å². The number of amides is 2. The molecule has 10 heteroatoms. The predicted octanol–water partition coefficient (Wildman–Crippen LogP) is 5.51. The quantitative estimate of drug-likeness (QED) is 0.344. The first-order valence-corrected chi connectivity index (χ1v) is 14.2. The van der Waals surface area contributed by atoms with Crippen molar-refractivity contribution in [3.63, 3.8) is 0 Å². The number of hydrogen-bond acceptors (Lipinski definition) is 6. The zero-order chi connectivity index (χ0) is 27.8. The first-order chi connectivity index (χ1) is 19.4. The fraction of sp³-hybridized carbons (Fsp3) is 0.400. The molecule has 2 aromatic carbocycles. The summed E-state index contributed by atoms with van der Waals surface area (Å²) in [6.07, 6.45) is 3.89. The molecular formula is C30H31ClN4O5. The Kier molecular flexibility index (Phi) is 7.23. The van der Waals surface area contributed by atoms with Crippen LogP contribution in [0.1, 0.15) is 55.9 Å². The summed E-state index contributed by atoms with van der Waals surface area (Å²) in [7, 11) is 0. The lowest BCUT2D eigenvalue weighted by atomic mass is 9.90. The molecule has 0 bridgehead atoms. The Morgan fingerprint density at radius 2 is 1.90 bits per heavy atom. The molecular weight excluding hydrogens is 532 g/mol. The molecule has 6 rings (SSSR count). The summed E-state index contributed by atoms with van der Waals surface area (Å²) in [4.78, 5) is 41.5. The Morgan fingerprint density at radius 1 is 1.07 bits per heavy atom. The number of fused-ring (bicyclic) bond motifs is 3. The molecule has 3 heterocycles. The van der Waals surface area contributed by atoms with Crippen LogP contribution in [0.5, 0.6) is 0 Å². The van der Waals surface area contributed by atoms with E-state index in [1.807, 2.05) is 42.5 Å². The van der Waals surface area contributed by atoms with Gasteiger partial charge in [0.1, 0.15) is 29.3 Å². The van der Waals surface area contributed by atoms with Gasteiger partial charge < -0.3 is 19.1 Å². The Labute approximate surface area is 236 Å². The number of nitrogens with zero attached hydrogens (tertiary/aromatic N) is 3. The van der Waals surface area contributed by atoms with Crippen LogP contribution in [0, 0.1) is 6.92 Å². The Morgan fingerprint density at radius 3 is 2.73 bits per heavy atom. The van der Waals surface area contributed by atoms with Crippen molar-refractivity contribution in [2.24, 2.45) is 0 Å². The van der Waals surface area contributed by atoms with Gasteiger partial charge in [-0.2, -0.15) is 0 Å². The van der Waals surface area contributed by atoms with Gasteiger partial charge in [0.15, 0.2) is 0 Å². The fourth-order valence-corrected chi connectivity index (χ4v) is 6.48. The van der Waals surface area contributed by atoms with E-state index in [0.717, 1.165) is 31.2 Å². The van der Waals surface area contributed by atoms with Crippen LogP contribution in [0.4, 0.5) is 4.79 Å². The van der Waals surface area contributed by atoms with Crippen LogP contribution in [0.15, 0.2) is 57.8 Å². The maximum atomic E-state index is 13.7. The highest BCUT2D eigenvalue weighted by molar-refractivity contribution is 6.37. The lowest BCUT2D eigenvalue weighted by molar-refractivity contribution is -0.126. The van der Waals surface area contributed by atoms with Crippen LogP contribution in [0.2, 0.25) is 5.02 Å². The molecule has 3 atom stereocenters. The van der Waals surface area contributed by atoms with E-state index >= 15 is 0 Å². The number of rotatable bonds is 5. The van der Waals surface area contributed by atoms with Crippen LogP contribution in [-0.4, -0.2) is 45.3 Å². The molecule has 1 aliphatic heterocycles. The van der Waals surface area contributed by atoms with Gasteiger partial charge in [-0.05, 0) is 63.1 Å². The van der Waals surface area contributed by atoms with E-state index < -0.39 is 12.1 Å². The maximum absolute atomic E-state index is 13.7. The Bertz CT molecular complexity index is 1630. The second-order valence-electron chi connectivity index (χ2n) is 10.7. The fourth-order valence-electron chi connectivity index (χ4n) is 6.22. The number of carbonyl (C=O) groups excluding carboxylic acids is 2. The van der Waals surface area contributed by atoms with Crippen molar-refractivity contribution < 1.29 is 18.8 Å². The summed E-state index contributed by atoms with van der Waals surface area (Å²) in [5, 5.41) is 8.94. The van der Waals surface area contributed by atoms with Gasteiger partial charge in [-0.15, -0.1) is 0 Å². The summed E-state index contributed by atoms with van der Waals surface area (Å²) < 4.78 is 12.7. The average Bonchev–Trinajstić information content (AvgIpc) is 3.60. The molecule has 2 aromatic heterocycles. The van der Waals surface area contributed by atoms with E-state index in [4.69, 9.17) is 20.9 Å². The molecule has 4 aromatic rings. The number of ether oxygens (including phenoxy) is 1. The molecule has 40 heavy (non-hydrogen) atoms. The van der Waals surface area contributed by atoms with Gasteiger partial charge >= 0.3 is 6.09 Å². The Balaban J connectivity index is 1.19. The molecule has 9 nitrogen and oxygen atoms in total. The van der Waals surface area contributed by atoms with E-state index in [0.29, 0.717) is 52.0 Å². The summed E-state index contributed by atoms with van der Waals surface area (Å²) in [6.45, 7) is 2.38. The van der Waals surface area contributed by atoms with Crippen LogP contribution < -0.4 is 10.9 Å². The molecule has 1 aliphatic carbocycles. The predicted molar refractivity (Wildman–Crippen MR) is 151 cm³/mol. The summed E-state index contributed by atoms with van der Waals surface area (Å²) >= 11 is 6.58. The number of hydrogen-bond donors (Lipinski definition) is 1. The standard InChI is InChI=1S/C30H31ClN4O5/c1-18-25-27(33-40-18)26-22(31)12-6-13-23(26)35(29(25)37)21-11-5-10-20(16-21)32-28(36)24-14-7-15-34(24)30(38)39-17-19-8-3-2-4-9-19/h2-4,6,8-9,12-13,20-21,24H,5,7,10-11,14-17H2,1H3,(H,32,36). The van der Waals surface area contributed by atoms with Crippen LogP contribution >= 0.6 is 11.6 Å². The normalized spacial score (nSPS) is 21.1. The number of nitrogens with one attached hydrogen (secondary N) is 1. The number of benzene rings is 2. The smallest absolute Gasteiger partial charge is 0.410 e. The minimum Gasteiger partial charge on any atom is -0.445 e. The summed E-state index contributed by atoms with van der Waals surface area (Å²) in [5.41, 5.74) is 1.91. The molecule has 1 N–H and O–H groups in total. The largest absolute Gasteiger partial charge is 0.445 e. The van der Waals surface area contributed by atoms with Crippen molar-refractivity contribution in [1.82, 2.24) is 19.9 Å². The molecule has 1 saturated carbocycles. The number of carbonyl (C=O) groups is 2. The molecule has 2 aliphatic rings. The summed E-state index contributed by atoms with van der Waals surface area (Å²) in [5.74, 6) is 0.280. The van der Waals surface area contributed by atoms with Gasteiger partial charge in [-0.3, -0.25) is 14.5 Å². The van der Waals surface area contributed by atoms with E-state index in [9.17, 15) is 14.4 Å². The highest BCUT2D eigenvalue weighted by Gasteiger charge is 2.37. The van der Waals surface area contributed by atoms with Crippen LogP contribution in [0.25, 0.3) is 21.8 Å². The van der Waals surface area contributed by atoms with E-state index in [1.165, 1.54) is 4.90 Å². The minimum atomic E-state index is -0.568. The van der Waals surface area contributed by atoms with Crippen molar-refractivity contribution in [2.45, 2.75) is 70.2 Å². The average molecular weight is 563 g/mol. The van der Waals surface area contributed by atoms with Crippen molar-refractivity contribution in [1.29, 1.82) is 0 Å². The molecule has 1 saturated heterocycles. The third kappa shape index (κ3) is 4.83. The minimum absolute atomic E-state index is 0.130. The monoisotopic (exact) mass is 562 g/mol. The van der Waals surface area contributed by atoms with Gasteiger partial charge in [0.25, 0.3) is 5.56 Å². The molecule has 0 spiro atoms. The van der Waals surface area contributed by atoms with Crippen molar-refractivity contribution in [3.8, 4) is 0 Å². The van der Waals surface area contributed by atoms with Crippen molar-refractivity contribution in [2.75, 3.05) is 6.54 Å². The third-order valence-electron chi connectivity index (χ3n) is 8.14. The summed E-state index contributed by atoms with van der Waals surface area (Å²) in [6, 6.07) is 14.1. The van der Waals surface area contributed by atoms with Crippen molar-refractivity contribution in [3.05, 3.63) is 75.2 Å². The first kappa shape index (κ1) is 26.4. The van der Waals surface area contributed by atoms with Crippen LogP contribution in [-0.2, 0) is 16.1 Å². The molecule has 3 unspecified atom stereocenters. The van der Waals surface area contributed by atoms with Gasteiger partial charge in [-0.1, -0.05) is 53.2 Å². The Hall–Kier alpha value is -3.85. The third-order valence-corrected chi connectivity index (χ3v) is 8.45. The number of halogens is 1. The number of aromatic nitrogens is 2. The van der Waals surface area contributed by atoms with Gasteiger partial charge in [0.2, 0.25) is 5.91 Å². The van der Waals surface area contributed by atoms with Crippen LogP contribution in [0.3, 0.4) is 0 Å². The van der Waals surface area contributed by atoms with Crippen molar-refractivity contribution >= 4 is 45.4 Å². The van der Waals surface area contributed by atoms with E-state index in [-0.39, 0.29) is 30.2 Å². The molecule has 2 fully saturated rings. The highest BCUT2D eigenvalue weighted by Crippen LogP contribution is 2.35. The highest BCUT2D eigenvalue weighted by atomic mass is 35.5. The number of pyridine rings is 1.